The first kappa shape index (κ1) is 17.0. The molecule has 2 amide bonds. The van der Waals surface area contributed by atoms with Crippen LogP contribution in [0.4, 0.5) is 0 Å². The van der Waals surface area contributed by atoms with Gasteiger partial charge in [-0.05, 0) is 36.3 Å². The van der Waals surface area contributed by atoms with E-state index in [1.54, 1.807) is 6.92 Å². The highest BCUT2D eigenvalue weighted by Crippen LogP contribution is 2.32. The van der Waals surface area contributed by atoms with E-state index in [-0.39, 0.29) is 23.9 Å². The van der Waals surface area contributed by atoms with Crippen molar-refractivity contribution in [1.82, 2.24) is 10.2 Å². The second-order valence-electron chi connectivity index (χ2n) is 7.32. The summed E-state index contributed by atoms with van der Waals surface area (Å²) >= 11 is 0. The minimum absolute atomic E-state index is 0.0494. The van der Waals surface area contributed by atoms with E-state index in [1.807, 2.05) is 17.0 Å². The first-order valence-corrected chi connectivity index (χ1v) is 9.20. The minimum Gasteiger partial charge on any atom is -0.353 e. The van der Waals surface area contributed by atoms with E-state index in [0.29, 0.717) is 18.9 Å². The Morgan fingerprint density at radius 1 is 1.21 bits per heavy atom. The van der Waals surface area contributed by atoms with Crippen molar-refractivity contribution >= 4 is 11.8 Å². The van der Waals surface area contributed by atoms with Crippen molar-refractivity contribution in [1.29, 1.82) is 0 Å². The standard InChI is InChI=1S/C20H28N2O2/c1-14-7-3-6-10-18(14)21-20(24)13-19-17-9-5-4-8-16(17)11-12-22(19)15(2)23/h4-5,8-9,14,18-19H,3,6-7,10-13H2,1-2H3,(H,21,24). The number of amides is 2. The summed E-state index contributed by atoms with van der Waals surface area (Å²) in [6.45, 7) is 4.52. The van der Waals surface area contributed by atoms with Crippen molar-refractivity contribution in [3.05, 3.63) is 35.4 Å². The van der Waals surface area contributed by atoms with Crippen LogP contribution in [0, 0.1) is 5.92 Å². The predicted octanol–water partition coefficient (Wildman–Crippen LogP) is 3.22. The van der Waals surface area contributed by atoms with Gasteiger partial charge >= 0.3 is 0 Å². The first-order valence-electron chi connectivity index (χ1n) is 9.20. The highest BCUT2D eigenvalue weighted by Gasteiger charge is 2.31. The molecule has 1 aromatic carbocycles. The lowest BCUT2D eigenvalue weighted by molar-refractivity contribution is -0.133. The third-order valence-electron chi connectivity index (χ3n) is 5.65. The molecule has 1 fully saturated rings. The van der Waals surface area contributed by atoms with Gasteiger partial charge < -0.3 is 10.2 Å². The minimum atomic E-state index is -0.133. The van der Waals surface area contributed by atoms with Gasteiger partial charge in [0.05, 0.1) is 12.5 Å². The highest BCUT2D eigenvalue weighted by molar-refractivity contribution is 5.80. The van der Waals surface area contributed by atoms with Gasteiger partial charge in [-0.3, -0.25) is 9.59 Å². The van der Waals surface area contributed by atoms with Crippen LogP contribution < -0.4 is 5.32 Å². The van der Waals surface area contributed by atoms with E-state index in [9.17, 15) is 9.59 Å². The average molecular weight is 328 g/mol. The van der Waals surface area contributed by atoms with Gasteiger partial charge in [0.2, 0.25) is 11.8 Å². The molecule has 4 heteroatoms. The second kappa shape index (κ2) is 7.37. The number of nitrogens with one attached hydrogen (secondary N) is 1. The summed E-state index contributed by atoms with van der Waals surface area (Å²) in [7, 11) is 0. The number of carbonyl (C=O) groups is 2. The van der Waals surface area contributed by atoms with E-state index < -0.39 is 0 Å². The SMILES string of the molecule is CC(=O)N1CCc2ccccc2C1CC(=O)NC1CCCCC1C. The Balaban J connectivity index is 1.73. The maximum Gasteiger partial charge on any atom is 0.222 e. The molecular formula is C20H28N2O2. The monoisotopic (exact) mass is 328 g/mol. The summed E-state index contributed by atoms with van der Waals surface area (Å²) in [6, 6.07) is 8.36. The van der Waals surface area contributed by atoms with Crippen molar-refractivity contribution in [3.63, 3.8) is 0 Å². The zero-order valence-electron chi connectivity index (χ0n) is 14.8. The molecule has 0 aromatic heterocycles. The van der Waals surface area contributed by atoms with E-state index in [4.69, 9.17) is 0 Å². The van der Waals surface area contributed by atoms with E-state index >= 15 is 0 Å². The molecule has 1 aromatic rings. The number of fused-ring (bicyclic) bond motifs is 1. The molecule has 3 atom stereocenters. The van der Waals surface area contributed by atoms with Crippen LogP contribution in [0.1, 0.15) is 63.1 Å². The molecule has 130 valence electrons. The molecule has 1 aliphatic heterocycles. The molecule has 0 bridgehead atoms. The summed E-state index contributed by atoms with van der Waals surface area (Å²) in [5.41, 5.74) is 2.39. The van der Waals surface area contributed by atoms with Gasteiger partial charge in [-0.25, -0.2) is 0 Å². The summed E-state index contributed by atoms with van der Waals surface area (Å²) in [6.07, 6.45) is 5.96. The molecule has 0 spiro atoms. The number of nitrogens with zero attached hydrogens (tertiary/aromatic N) is 1. The Morgan fingerprint density at radius 2 is 1.96 bits per heavy atom. The Morgan fingerprint density at radius 3 is 2.71 bits per heavy atom. The smallest absolute Gasteiger partial charge is 0.222 e. The summed E-state index contributed by atoms with van der Waals surface area (Å²) in [4.78, 5) is 26.5. The van der Waals surface area contributed by atoms with Crippen LogP contribution in [0.25, 0.3) is 0 Å². The zero-order valence-corrected chi connectivity index (χ0v) is 14.8. The predicted molar refractivity (Wildman–Crippen MR) is 94.5 cm³/mol. The molecule has 0 radical (unpaired) electrons. The van der Waals surface area contributed by atoms with Crippen LogP contribution in [0.15, 0.2) is 24.3 Å². The summed E-state index contributed by atoms with van der Waals surface area (Å²) < 4.78 is 0. The van der Waals surface area contributed by atoms with E-state index in [0.717, 1.165) is 18.4 Å². The van der Waals surface area contributed by atoms with Gasteiger partial charge in [-0.2, -0.15) is 0 Å². The van der Waals surface area contributed by atoms with Gasteiger partial charge in [-0.1, -0.05) is 44.0 Å². The maximum atomic E-state index is 12.7. The first-order chi connectivity index (χ1) is 11.6. The van der Waals surface area contributed by atoms with Crippen LogP contribution in [0.5, 0.6) is 0 Å². The van der Waals surface area contributed by atoms with Crippen LogP contribution in [-0.4, -0.2) is 29.3 Å². The average Bonchev–Trinajstić information content (AvgIpc) is 2.57. The topological polar surface area (TPSA) is 49.4 Å². The fraction of sp³-hybridized carbons (Fsp3) is 0.600. The molecule has 2 aliphatic rings. The molecule has 4 nitrogen and oxygen atoms in total. The van der Waals surface area contributed by atoms with Gasteiger partial charge in [0.1, 0.15) is 0 Å². The third kappa shape index (κ3) is 3.63. The van der Waals surface area contributed by atoms with Gasteiger partial charge in [0.25, 0.3) is 0 Å². The van der Waals surface area contributed by atoms with Crippen molar-refractivity contribution in [2.24, 2.45) is 5.92 Å². The zero-order chi connectivity index (χ0) is 17.1. The molecule has 24 heavy (non-hydrogen) atoms. The van der Waals surface area contributed by atoms with Gasteiger partial charge in [0, 0.05) is 19.5 Å². The molecule has 1 saturated carbocycles. The van der Waals surface area contributed by atoms with Crippen molar-refractivity contribution in [2.45, 2.75) is 64.5 Å². The largest absolute Gasteiger partial charge is 0.353 e. The quantitative estimate of drug-likeness (QED) is 0.926. The Kier molecular flexibility index (Phi) is 5.22. The molecular weight excluding hydrogens is 300 g/mol. The Bertz CT molecular complexity index is 613. The lowest BCUT2D eigenvalue weighted by Crippen LogP contribution is -2.45. The molecule has 3 rings (SSSR count). The lowest BCUT2D eigenvalue weighted by atomic mass is 9.85. The second-order valence-corrected chi connectivity index (χ2v) is 7.32. The molecule has 1 heterocycles. The molecule has 1 N–H and O–H groups in total. The number of benzene rings is 1. The fourth-order valence-corrected chi connectivity index (χ4v) is 4.22. The fourth-order valence-electron chi connectivity index (χ4n) is 4.22. The Labute approximate surface area is 144 Å². The third-order valence-corrected chi connectivity index (χ3v) is 5.65. The maximum absolute atomic E-state index is 12.7. The van der Waals surface area contributed by atoms with Crippen LogP contribution >= 0.6 is 0 Å². The van der Waals surface area contributed by atoms with E-state index in [2.05, 4.69) is 24.4 Å². The molecule has 1 aliphatic carbocycles. The van der Waals surface area contributed by atoms with Crippen molar-refractivity contribution in [2.75, 3.05) is 6.54 Å². The highest BCUT2D eigenvalue weighted by atomic mass is 16.2. The molecule has 3 unspecified atom stereocenters. The Hall–Kier alpha value is -1.84. The van der Waals surface area contributed by atoms with Crippen LogP contribution in [0.3, 0.4) is 0 Å². The van der Waals surface area contributed by atoms with Crippen LogP contribution in [0.2, 0.25) is 0 Å². The number of carbonyl (C=O) groups excluding carboxylic acids is 2. The number of hydrogen-bond acceptors (Lipinski definition) is 2. The van der Waals surface area contributed by atoms with Crippen LogP contribution in [-0.2, 0) is 16.0 Å². The lowest BCUT2D eigenvalue weighted by Gasteiger charge is -2.37. The van der Waals surface area contributed by atoms with Gasteiger partial charge in [0.15, 0.2) is 0 Å². The number of rotatable bonds is 3. The van der Waals surface area contributed by atoms with Crippen molar-refractivity contribution < 1.29 is 9.59 Å². The van der Waals surface area contributed by atoms with Gasteiger partial charge in [-0.15, -0.1) is 0 Å². The summed E-state index contributed by atoms with van der Waals surface area (Å²) in [5, 5.41) is 3.23. The van der Waals surface area contributed by atoms with E-state index in [1.165, 1.54) is 24.8 Å². The molecule has 0 saturated heterocycles. The summed E-state index contributed by atoms with van der Waals surface area (Å²) in [5.74, 6) is 0.667. The normalized spacial score (nSPS) is 26.6. The number of hydrogen-bond donors (Lipinski definition) is 1. The van der Waals surface area contributed by atoms with Crippen molar-refractivity contribution in [3.8, 4) is 0 Å².